The van der Waals surface area contributed by atoms with Gasteiger partial charge in [0.15, 0.2) is 8.32 Å². The summed E-state index contributed by atoms with van der Waals surface area (Å²) in [5.74, 6) is 0.0678. The number of nitrogens with zero attached hydrogens (tertiary/aromatic N) is 4. The van der Waals surface area contributed by atoms with Crippen LogP contribution in [0.3, 0.4) is 0 Å². The van der Waals surface area contributed by atoms with E-state index in [4.69, 9.17) is 13.9 Å². The first kappa shape index (κ1) is 34.0. The third-order valence-electron chi connectivity index (χ3n) is 7.93. The number of alkyl carbamates (subject to hydrolysis) is 1. The molecule has 1 N–H and O–H groups in total. The molecule has 3 rings (SSSR count). The Kier molecular flexibility index (Phi) is 10.3. The molecule has 3 heterocycles. The van der Waals surface area contributed by atoms with E-state index >= 15 is 0 Å². The van der Waals surface area contributed by atoms with Crippen LogP contribution in [0.25, 0.3) is 0 Å². The lowest BCUT2D eigenvalue weighted by atomic mass is 10.0. The zero-order chi connectivity index (χ0) is 31.7. The van der Waals surface area contributed by atoms with Gasteiger partial charge in [-0.3, -0.25) is 4.79 Å². The van der Waals surface area contributed by atoms with E-state index in [2.05, 4.69) is 49.1 Å². The number of rotatable bonds is 8. The van der Waals surface area contributed by atoms with Crippen LogP contribution in [0.15, 0.2) is 12.4 Å². The molecule has 4 atom stereocenters. The summed E-state index contributed by atoms with van der Waals surface area (Å²) in [5, 5.41) is 2.63. The molecule has 1 unspecified atom stereocenters. The average molecular weight is 618 g/mol. The van der Waals surface area contributed by atoms with Gasteiger partial charge in [0, 0.05) is 38.4 Å². The zero-order valence-corrected chi connectivity index (χ0v) is 27.2. The number of hydrogen-bond acceptors (Lipinski definition) is 8. The number of ether oxygens (including phenoxy) is 2. The lowest BCUT2D eigenvalue weighted by Crippen LogP contribution is -2.60. The van der Waals surface area contributed by atoms with Crippen molar-refractivity contribution in [2.24, 2.45) is 0 Å². The van der Waals surface area contributed by atoms with Gasteiger partial charge in [-0.25, -0.2) is 14.8 Å². The summed E-state index contributed by atoms with van der Waals surface area (Å²) < 4.78 is 57.2. The largest absolute Gasteiger partial charge is 0.444 e. The Morgan fingerprint density at radius 3 is 2.26 bits per heavy atom. The summed E-state index contributed by atoms with van der Waals surface area (Å²) in [6, 6.07) is -0.591. The molecule has 0 aliphatic carbocycles. The number of aromatic nitrogens is 2. The second-order valence-electron chi connectivity index (χ2n) is 13.7. The summed E-state index contributed by atoms with van der Waals surface area (Å²) in [4.78, 5) is 37.2. The number of halogens is 3. The van der Waals surface area contributed by atoms with Crippen LogP contribution in [0.5, 0.6) is 0 Å². The molecule has 10 nitrogen and oxygen atoms in total. The van der Waals surface area contributed by atoms with Crippen LogP contribution < -0.4 is 10.2 Å². The molecular formula is C28H46F3N5O5Si. The van der Waals surface area contributed by atoms with Gasteiger partial charge in [-0.2, -0.15) is 13.2 Å². The molecule has 1 aromatic rings. The van der Waals surface area contributed by atoms with E-state index in [9.17, 15) is 22.8 Å². The quantitative estimate of drug-likeness (QED) is 0.407. The molecule has 238 valence electrons. The first-order valence-electron chi connectivity index (χ1n) is 14.4. The van der Waals surface area contributed by atoms with Crippen molar-refractivity contribution in [3.8, 4) is 0 Å². The third kappa shape index (κ3) is 8.79. The third-order valence-corrected chi connectivity index (χ3v) is 12.4. The van der Waals surface area contributed by atoms with Gasteiger partial charge in [0.25, 0.3) is 5.91 Å². The van der Waals surface area contributed by atoms with Crippen LogP contribution in [-0.2, 0) is 24.9 Å². The van der Waals surface area contributed by atoms with Crippen molar-refractivity contribution < 1.29 is 36.7 Å². The van der Waals surface area contributed by atoms with E-state index in [0.717, 1.165) is 12.4 Å². The van der Waals surface area contributed by atoms with Crippen LogP contribution in [0, 0.1) is 0 Å². The Morgan fingerprint density at radius 2 is 1.71 bits per heavy atom. The van der Waals surface area contributed by atoms with E-state index < -0.39 is 37.9 Å². The minimum atomic E-state index is -4.52. The van der Waals surface area contributed by atoms with Gasteiger partial charge in [-0.15, -0.1) is 0 Å². The highest BCUT2D eigenvalue weighted by atomic mass is 28.4. The van der Waals surface area contributed by atoms with Gasteiger partial charge in [-0.1, -0.05) is 20.8 Å². The summed E-state index contributed by atoms with van der Waals surface area (Å²) in [6.07, 6.45) is -3.46. The van der Waals surface area contributed by atoms with Crippen molar-refractivity contribution in [1.82, 2.24) is 20.2 Å². The molecule has 0 aromatic carbocycles. The van der Waals surface area contributed by atoms with Crippen molar-refractivity contribution >= 4 is 26.3 Å². The van der Waals surface area contributed by atoms with Crippen LogP contribution in [0.4, 0.5) is 23.9 Å². The van der Waals surface area contributed by atoms with E-state index in [1.807, 2.05) is 9.80 Å². The Bertz CT molecular complexity index is 1090. The Balaban J connectivity index is 1.70. The molecule has 14 heteroatoms. The van der Waals surface area contributed by atoms with Crippen molar-refractivity contribution in [1.29, 1.82) is 0 Å². The maximum absolute atomic E-state index is 13.5. The number of carbonyl (C=O) groups excluding carboxylic acids is 2. The van der Waals surface area contributed by atoms with Gasteiger partial charge in [0.2, 0.25) is 5.95 Å². The molecule has 2 aliphatic heterocycles. The minimum absolute atomic E-state index is 0.0946. The molecule has 2 aliphatic rings. The predicted octanol–water partition coefficient (Wildman–Crippen LogP) is 5.00. The summed E-state index contributed by atoms with van der Waals surface area (Å²) in [5.41, 5.74) is -1.52. The fourth-order valence-corrected chi connectivity index (χ4v) is 6.06. The van der Waals surface area contributed by atoms with Crippen LogP contribution >= 0.6 is 0 Å². The zero-order valence-electron chi connectivity index (χ0n) is 26.2. The predicted molar refractivity (Wildman–Crippen MR) is 155 cm³/mol. The Morgan fingerprint density at radius 1 is 1.10 bits per heavy atom. The van der Waals surface area contributed by atoms with E-state index in [1.165, 1.54) is 0 Å². The van der Waals surface area contributed by atoms with Gasteiger partial charge in [0.1, 0.15) is 11.7 Å². The van der Waals surface area contributed by atoms with Gasteiger partial charge in [0.05, 0.1) is 30.4 Å². The summed E-state index contributed by atoms with van der Waals surface area (Å²) in [6.45, 7) is 19.2. The van der Waals surface area contributed by atoms with Gasteiger partial charge < -0.3 is 29.0 Å². The normalized spacial score (nSPS) is 23.2. The highest BCUT2D eigenvalue weighted by Gasteiger charge is 2.47. The number of likely N-dealkylation sites (tertiary alicyclic amines) is 1. The molecule has 0 spiro atoms. The molecular weight excluding hydrogens is 571 g/mol. The lowest BCUT2D eigenvalue weighted by molar-refractivity contribution is -0.141. The maximum atomic E-state index is 13.5. The summed E-state index contributed by atoms with van der Waals surface area (Å²) in [7, 11) is -2.29. The van der Waals surface area contributed by atoms with Gasteiger partial charge >= 0.3 is 12.3 Å². The van der Waals surface area contributed by atoms with Crippen LogP contribution in [0.2, 0.25) is 18.1 Å². The monoisotopic (exact) mass is 617 g/mol. The van der Waals surface area contributed by atoms with E-state index in [1.54, 1.807) is 27.7 Å². The molecule has 2 fully saturated rings. The first-order chi connectivity index (χ1) is 19.2. The number of alkyl halides is 3. The molecule has 1 aromatic heterocycles. The molecule has 0 radical (unpaired) electrons. The smallest absolute Gasteiger partial charge is 0.419 e. The van der Waals surface area contributed by atoms with E-state index in [0.29, 0.717) is 32.5 Å². The number of piperidine rings is 1. The van der Waals surface area contributed by atoms with Gasteiger partial charge in [-0.05, 0) is 52.2 Å². The highest BCUT2D eigenvalue weighted by Crippen LogP contribution is 2.39. The molecule has 2 amide bonds. The van der Waals surface area contributed by atoms with Crippen molar-refractivity contribution in [2.45, 2.75) is 116 Å². The number of nitrogens with one attached hydrogen (secondary N) is 1. The SMILES string of the molecule is C[C@@H](CO[C@@H]1CCN([C@H]2CCN(c3ncc(C(F)(F)F)cn3)CC2O[Si](C)(C)C(C)(C)C)C1=O)NC(=O)OC(C)(C)C. The number of anilines is 1. The molecule has 42 heavy (non-hydrogen) atoms. The Hall–Kier alpha value is -2.45. The molecule has 0 bridgehead atoms. The topological polar surface area (TPSA) is 106 Å². The van der Waals surface area contributed by atoms with E-state index in [-0.39, 0.29) is 41.7 Å². The fraction of sp³-hybridized carbons (Fsp3) is 0.786. The minimum Gasteiger partial charge on any atom is -0.444 e. The maximum Gasteiger partial charge on any atom is 0.419 e. The number of hydrogen-bond donors (Lipinski definition) is 1. The lowest BCUT2D eigenvalue weighted by Gasteiger charge is -2.47. The van der Waals surface area contributed by atoms with Crippen LogP contribution in [-0.4, -0.2) is 91.3 Å². The molecule has 0 saturated carbocycles. The Labute approximate surface area is 247 Å². The molecule has 2 saturated heterocycles. The van der Waals surface area contributed by atoms with Crippen molar-refractivity contribution in [3.63, 3.8) is 0 Å². The summed E-state index contributed by atoms with van der Waals surface area (Å²) >= 11 is 0. The number of amides is 2. The second kappa shape index (κ2) is 12.6. The number of carbonyl (C=O) groups is 2. The second-order valence-corrected chi connectivity index (χ2v) is 18.4. The standard InChI is InChI=1S/C28H46F3N5O5Si/c1-18(34-25(38)40-26(2,3)4)17-39-21-11-13-36(23(21)37)20-10-12-35(16-22(20)41-42(8,9)27(5,6)7)24-32-14-19(15-33-24)28(29,30)31/h14-15,18,20-22H,10-13,16-17H2,1-9H3,(H,34,38)/t18-,20-,21+,22?/m0/s1. The van der Waals surface area contributed by atoms with Crippen molar-refractivity contribution in [2.75, 3.05) is 31.1 Å². The van der Waals surface area contributed by atoms with Crippen LogP contribution in [0.1, 0.15) is 66.9 Å². The fourth-order valence-electron chi connectivity index (χ4n) is 4.71. The average Bonchev–Trinajstić information content (AvgIpc) is 3.20. The first-order valence-corrected chi connectivity index (χ1v) is 17.3. The highest BCUT2D eigenvalue weighted by molar-refractivity contribution is 6.74. The van der Waals surface area contributed by atoms with Crippen molar-refractivity contribution in [3.05, 3.63) is 18.0 Å².